The van der Waals surface area contributed by atoms with Gasteiger partial charge in [-0.3, -0.25) is 9.78 Å². The molecule has 0 saturated carbocycles. The highest BCUT2D eigenvalue weighted by Crippen LogP contribution is 2.33. The monoisotopic (exact) mass is 351 g/mol. The van der Waals surface area contributed by atoms with E-state index in [1.54, 1.807) is 12.4 Å². The number of rotatable bonds is 2. The summed E-state index contributed by atoms with van der Waals surface area (Å²) < 4.78 is 0. The first-order chi connectivity index (χ1) is 13.3. The zero-order valence-corrected chi connectivity index (χ0v) is 14.7. The van der Waals surface area contributed by atoms with E-state index in [0.29, 0.717) is 12.2 Å². The Bertz CT molecular complexity index is 1150. The normalized spacial score (nSPS) is 13.0. The van der Waals surface area contributed by atoms with Crippen LogP contribution in [-0.4, -0.2) is 22.4 Å². The van der Waals surface area contributed by atoms with Crippen LogP contribution in [0.3, 0.4) is 0 Å². The van der Waals surface area contributed by atoms with Crippen molar-refractivity contribution in [3.8, 4) is 11.1 Å². The van der Waals surface area contributed by atoms with Crippen LogP contribution in [0, 0.1) is 0 Å². The summed E-state index contributed by atoms with van der Waals surface area (Å²) in [6.45, 7) is 0.683. The summed E-state index contributed by atoms with van der Waals surface area (Å²) in [5.74, 6) is -0.0452. The topological polar surface area (TPSA) is 46.1 Å². The minimum absolute atomic E-state index is 0.0452. The molecule has 27 heavy (non-hydrogen) atoms. The lowest BCUT2D eigenvalue weighted by atomic mass is 10.0. The number of hydrogen-bond donors (Lipinski definition) is 0. The van der Waals surface area contributed by atoms with E-state index < -0.39 is 0 Å². The summed E-state index contributed by atoms with van der Waals surface area (Å²) in [6, 6.07) is 21.9. The van der Waals surface area contributed by atoms with Crippen LogP contribution >= 0.6 is 0 Å². The minimum atomic E-state index is -0.0452. The molecule has 0 spiro atoms. The van der Waals surface area contributed by atoms with E-state index >= 15 is 0 Å². The maximum atomic E-state index is 13.1. The average molecular weight is 351 g/mol. The van der Waals surface area contributed by atoms with Crippen molar-refractivity contribution in [2.45, 2.75) is 6.42 Å². The molecule has 3 heterocycles. The Morgan fingerprint density at radius 2 is 1.74 bits per heavy atom. The molecule has 0 unspecified atom stereocenters. The van der Waals surface area contributed by atoms with Gasteiger partial charge in [0.15, 0.2) is 0 Å². The van der Waals surface area contributed by atoms with E-state index in [1.165, 1.54) is 5.56 Å². The lowest BCUT2D eigenvalue weighted by Gasteiger charge is -2.17. The van der Waals surface area contributed by atoms with Crippen molar-refractivity contribution in [2.24, 2.45) is 0 Å². The molecule has 1 aliphatic heterocycles. The molecule has 4 aromatic rings. The lowest BCUT2D eigenvalue weighted by molar-refractivity contribution is 0.0985. The van der Waals surface area contributed by atoms with Crippen LogP contribution in [0.15, 0.2) is 79.1 Å². The number of para-hydroxylation sites is 1. The van der Waals surface area contributed by atoms with Gasteiger partial charge in [-0.05, 0) is 59.5 Å². The standard InChI is InChI=1S/C23H17N3O/c27-23(21-7-5-17-3-1-2-4-20(17)25-21)26-14-11-19-15-18(6-8-22(19)26)16-9-12-24-13-10-16/h1-10,12-13,15H,11,14H2. The fourth-order valence-electron chi connectivity index (χ4n) is 3.66. The van der Waals surface area contributed by atoms with E-state index in [9.17, 15) is 4.79 Å². The van der Waals surface area contributed by atoms with Crippen molar-refractivity contribution in [1.82, 2.24) is 9.97 Å². The van der Waals surface area contributed by atoms with Gasteiger partial charge in [0.05, 0.1) is 5.52 Å². The van der Waals surface area contributed by atoms with E-state index in [2.05, 4.69) is 22.1 Å². The van der Waals surface area contributed by atoms with Crippen LogP contribution in [-0.2, 0) is 6.42 Å². The van der Waals surface area contributed by atoms with E-state index in [0.717, 1.165) is 34.1 Å². The number of carbonyl (C=O) groups is 1. The smallest absolute Gasteiger partial charge is 0.276 e. The Labute approximate surface area is 157 Å². The number of hydrogen-bond acceptors (Lipinski definition) is 3. The highest BCUT2D eigenvalue weighted by molar-refractivity contribution is 6.07. The fourth-order valence-corrected chi connectivity index (χ4v) is 3.66. The Kier molecular flexibility index (Phi) is 3.68. The number of anilines is 1. The SMILES string of the molecule is O=C(c1ccc2ccccc2n1)N1CCc2cc(-c3ccncc3)ccc21. The number of amides is 1. The van der Waals surface area contributed by atoms with Crippen molar-refractivity contribution < 1.29 is 4.79 Å². The zero-order valence-electron chi connectivity index (χ0n) is 14.7. The summed E-state index contributed by atoms with van der Waals surface area (Å²) in [6.07, 6.45) is 4.45. The third kappa shape index (κ3) is 2.75. The number of carbonyl (C=O) groups excluding carboxylic acids is 1. The van der Waals surface area contributed by atoms with E-state index in [4.69, 9.17) is 0 Å². The fraction of sp³-hybridized carbons (Fsp3) is 0.0870. The molecule has 2 aromatic heterocycles. The number of nitrogens with zero attached hydrogens (tertiary/aromatic N) is 3. The maximum absolute atomic E-state index is 13.1. The largest absolute Gasteiger partial charge is 0.306 e. The quantitative estimate of drug-likeness (QED) is 0.534. The third-order valence-electron chi connectivity index (χ3n) is 5.05. The highest BCUT2D eigenvalue weighted by Gasteiger charge is 2.26. The molecule has 0 bridgehead atoms. The van der Waals surface area contributed by atoms with Crippen molar-refractivity contribution in [3.05, 3.63) is 90.4 Å². The van der Waals surface area contributed by atoms with Gasteiger partial charge < -0.3 is 4.90 Å². The van der Waals surface area contributed by atoms with Crippen molar-refractivity contribution >= 4 is 22.5 Å². The van der Waals surface area contributed by atoms with Gasteiger partial charge in [0.1, 0.15) is 5.69 Å². The Morgan fingerprint density at radius 1 is 0.889 bits per heavy atom. The van der Waals surface area contributed by atoms with Gasteiger partial charge in [-0.1, -0.05) is 30.3 Å². The molecule has 0 fully saturated rings. The van der Waals surface area contributed by atoms with Crippen molar-refractivity contribution in [3.63, 3.8) is 0 Å². The Morgan fingerprint density at radius 3 is 2.63 bits per heavy atom. The van der Waals surface area contributed by atoms with Crippen LogP contribution in [0.5, 0.6) is 0 Å². The second-order valence-electron chi connectivity index (χ2n) is 6.68. The molecule has 0 aliphatic carbocycles. The Hall–Kier alpha value is -3.53. The van der Waals surface area contributed by atoms with Gasteiger partial charge in [-0.25, -0.2) is 4.98 Å². The first-order valence-electron chi connectivity index (χ1n) is 9.00. The van der Waals surface area contributed by atoms with Gasteiger partial charge in [-0.15, -0.1) is 0 Å². The molecule has 2 aromatic carbocycles. The van der Waals surface area contributed by atoms with Gasteiger partial charge in [0.25, 0.3) is 5.91 Å². The first-order valence-corrected chi connectivity index (χ1v) is 9.00. The molecule has 0 radical (unpaired) electrons. The van der Waals surface area contributed by atoms with Gasteiger partial charge in [-0.2, -0.15) is 0 Å². The van der Waals surface area contributed by atoms with E-state index in [-0.39, 0.29) is 5.91 Å². The van der Waals surface area contributed by atoms with Gasteiger partial charge >= 0.3 is 0 Å². The predicted octanol–water partition coefficient (Wildman–Crippen LogP) is 4.50. The summed E-state index contributed by atoms with van der Waals surface area (Å²) in [4.78, 5) is 23.5. The van der Waals surface area contributed by atoms with Crippen LogP contribution < -0.4 is 4.90 Å². The first kappa shape index (κ1) is 15.7. The highest BCUT2D eigenvalue weighted by atomic mass is 16.2. The summed E-state index contributed by atoms with van der Waals surface area (Å²) >= 11 is 0. The molecule has 1 amide bonds. The van der Waals surface area contributed by atoms with Crippen molar-refractivity contribution in [2.75, 3.05) is 11.4 Å². The third-order valence-corrected chi connectivity index (χ3v) is 5.05. The zero-order chi connectivity index (χ0) is 18.2. The second-order valence-corrected chi connectivity index (χ2v) is 6.68. The molecular formula is C23H17N3O. The number of benzene rings is 2. The second kappa shape index (κ2) is 6.32. The van der Waals surface area contributed by atoms with Crippen LogP contribution in [0.1, 0.15) is 16.1 Å². The number of fused-ring (bicyclic) bond motifs is 2. The predicted molar refractivity (Wildman–Crippen MR) is 107 cm³/mol. The molecule has 4 heteroatoms. The molecular weight excluding hydrogens is 334 g/mol. The number of pyridine rings is 2. The van der Waals surface area contributed by atoms with Crippen LogP contribution in [0.2, 0.25) is 0 Å². The van der Waals surface area contributed by atoms with Crippen molar-refractivity contribution in [1.29, 1.82) is 0 Å². The lowest BCUT2D eigenvalue weighted by Crippen LogP contribution is -2.29. The van der Waals surface area contributed by atoms with Gasteiger partial charge in [0, 0.05) is 30.0 Å². The number of aromatic nitrogens is 2. The molecule has 0 atom stereocenters. The molecule has 0 N–H and O–H groups in total. The molecule has 5 rings (SSSR count). The van der Waals surface area contributed by atoms with Crippen LogP contribution in [0.4, 0.5) is 5.69 Å². The maximum Gasteiger partial charge on any atom is 0.276 e. The van der Waals surface area contributed by atoms with E-state index in [1.807, 2.05) is 59.5 Å². The Balaban J connectivity index is 1.48. The molecule has 1 aliphatic rings. The molecule has 130 valence electrons. The summed E-state index contributed by atoms with van der Waals surface area (Å²) in [5.41, 5.74) is 5.78. The summed E-state index contributed by atoms with van der Waals surface area (Å²) in [5, 5.41) is 1.04. The summed E-state index contributed by atoms with van der Waals surface area (Å²) in [7, 11) is 0. The van der Waals surface area contributed by atoms with Crippen LogP contribution in [0.25, 0.3) is 22.0 Å². The van der Waals surface area contributed by atoms with Gasteiger partial charge in [0.2, 0.25) is 0 Å². The molecule has 0 saturated heterocycles. The average Bonchev–Trinajstić information content (AvgIpc) is 3.16. The molecule has 4 nitrogen and oxygen atoms in total. The minimum Gasteiger partial charge on any atom is -0.306 e.